The number of halogens is 1. The highest BCUT2D eigenvalue weighted by atomic mass is 35.5. The van der Waals surface area contributed by atoms with Gasteiger partial charge < -0.3 is 21.1 Å². The van der Waals surface area contributed by atoms with Crippen molar-refractivity contribution in [3.05, 3.63) is 29.8 Å². The fourth-order valence-electron chi connectivity index (χ4n) is 1.52. The minimum Gasteiger partial charge on any atom is -0.370 e. The standard InChI is InChI=1S/C13H19N3O3.ClH/c1-9(17)16-11-5-3-10(4-6-11)8-15-13(18)12(7-14)19-2;/h3-6,12H,7-8,14H2,1-2H3,(H,15,18)(H,16,17);1H. The van der Waals surface area contributed by atoms with Gasteiger partial charge in [-0.2, -0.15) is 0 Å². The molecule has 112 valence electrons. The van der Waals surface area contributed by atoms with Crippen molar-refractivity contribution in [2.45, 2.75) is 19.6 Å². The van der Waals surface area contributed by atoms with Gasteiger partial charge >= 0.3 is 0 Å². The topological polar surface area (TPSA) is 93.4 Å². The van der Waals surface area contributed by atoms with E-state index in [0.717, 1.165) is 11.3 Å². The lowest BCUT2D eigenvalue weighted by Crippen LogP contribution is -2.40. The van der Waals surface area contributed by atoms with E-state index in [4.69, 9.17) is 10.5 Å². The fraction of sp³-hybridized carbons (Fsp3) is 0.385. The lowest BCUT2D eigenvalue weighted by Gasteiger charge is -2.13. The Labute approximate surface area is 124 Å². The lowest BCUT2D eigenvalue weighted by atomic mass is 10.2. The van der Waals surface area contributed by atoms with Crippen LogP contribution in [0.2, 0.25) is 0 Å². The van der Waals surface area contributed by atoms with Crippen molar-refractivity contribution >= 4 is 29.9 Å². The Morgan fingerprint density at radius 2 is 1.90 bits per heavy atom. The van der Waals surface area contributed by atoms with E-state index in [9.17, 15) is 9.59 Å². The van der Waals surface area contributed by atoms with Gasteiger partial charge in [-0.15, -0.1) is 12.4 Å². The van der Waals surface area contributed by atoms with Gasteiger partial charge in [-0.25, -0.2) is 0 Å². The average Bonchev–Trinajstić information content (AvgIpc) is 2.38. The van der Waals surface area contributed by atoms with Crippen LogP contribution in [0.1, 0.15) is 12.5 Å². The molecule has 0 aliphatic rings. The number of hydrogen-bond donors (Lipinski definition) is 3. The minimum absolute atomic E-state index is 0. The number of amides is 2. The van der Waals surface area contributed by atoms with Crippen molar-refractivity contribution < 1.29 is 14.3 Å². The molecule has 1 aromatic rings. The first-order valence-corrected chi connectivity index (χ1v) is 5.94. The van der Waals surface area contributed by atoms with Gasteiger partial charge in [-0.05, 0) is 17.7 Å². The number of rotatable bonds is 6. The molecule has 6 nitrogen and oxygen atoms in total. The molecule has 0 radical (unpaired) electrons. The van der Waals surface area contributed by atoms with Gasteiger partial charge in [-0.3, -0.25) is 9.59 Å². The van der Waals surface area contributed by atoms with E-state index in [1.807, 2.05) is 12.1 Å². The van der Waals surface area contributed by atoms with E-state index in [1.54, 1.807) is 12.1 Å². The van der Waals surface area contributed by atoms with E-state index < -0.39 is 6.10 Å². The normalized spacial score (nSPS) is 11.2. The van der Waals surface area contributed by atoms with Gasteiger partial charge in [0.2, 0.25) is 5.91 Å². The Morgan fingerprint density at radius 1 is 1.30 bits per heavy atom. The zero-order valence-corrected chi connectivity index (χ0v) is 12.3. The molecule has 0 aliphatic carbocycles. The summed E-state index contributed by atoms with van der Waals surface area (Å²) >= 11 is 0. The third kappa shape index (κ3) is 6.01. The summed E-state index contributed by atoms with van der Waals surface area (Å²) in [5.41, 5.74) is 7.04. The van der Waals surface area contributed by atoms with Crippen LogP contribution in [0.4, 0.5) is 5.69 Å². The van der Waals surface area contributed by atoms with Crippen LogP contribution in [-0.4, -0.2) is 31.6 Å². The molecule has 1 unspecified atom stereocenters. The van der Waals surface area contributed by atoms with Gasteiger partial charge in [0.1, 0.15) is 6.10 Å². The molecule has 0 bridgehead atoms. The van der Waals surface area contributed by atoms with Crippen molar-refractivity contribution in [1.82, 2.24) is 5.32 Å². The van der Waals surface area contributed by atoms with Crippen LogP contribution in [0.3, 0.4) is 0 Å². The number of nitrogens with one attached hydrogen (secondary N) is 2. The van der Waals surface area contributed by atoms with E-state index in [1.165, 1.54) is 14.0 Å². The maximum atomic E-state index is 11.6. The van der Waals surface area contributed by atoms with Crippen LogP contribution in [0.5, 0.6) is 0 Å². The molecule has 0 saturated heterocycles. The molecule has 0 spiro atoms. The summed E-state index contributed by atoms with van der Waals surface area (Å²) in [4.78, 5) is 22.5. The van der Waals surface area contributed by atoms with Crippen LogP contribution in [0, 0.1) is 0 Å². The molecule has 0 heterocycles. The number of methoxy groups -OCH3 is 1. The molecule has 0 aromatic heterocycles. The maximum Gasteiger partial charge on any atom is 0.250 e. The van der Waals surface area contributed by atoms with Crippen LogP contribution in [-0.2, 0) is 20.9 Å². The van der Waals surface area contributed by atoms with E-state index in [0.29, 0.717) is 6.54 Å². The third-order valence-corrected chi connectivity index (χ3v) is 2.53. The summed E-state index contributed by atoms with van der Waals surface area (Å²) in [7, 11) is 1.44. The van der Waals surface area contributed by atoms with Crippen molar-refractivity contribution in [1.29, 1.82) is 0 Å². The van der Waals surface area contributed by atoms with Crippen molar-refractivity contribution in [3.63, 3.8) is 0 Å². The second-order valence-corrected chi connectivity index (χ2v) is 4.06. The van der Waals surface area contributed by atoms with E-state index in [2.05, 4.69) is 10.6 Å². The summed E-state index contributed by atoms with van der Waals surface area (Å²) in [5, 5.41) is 5.40. The van der Waals surface area contributed by atoms with E-state index >= 15 is 0 Å². The molecule has 1 rings (SSSR count). The number of carbonyl (C=O) groups excluding carboxylic acids is 2. The molecule has 20 heavy (non-hydrogen) atoms. The Morgan fingerprint density at radius 3 is 2.35 bits per heavy atom. The monoisotopic (exact) mass is 301 g/mol. The van der Waals surface area contributed by atoms with Gasteiger partial charge in [0.05, 0.1) is 0 Å². The molecule has 1 atom stereocenters. The smallest absolute Gasteiger partial charge is 0.250 e. The van der Waals surface area contributed by atoms with Crippen molar-refractivity contribution in [2.75, 3.05) is 19.0 Å². The number of nitrogens with two attached hydrogens (primary N) is 1. The zero-order valence-electron chi connectivity index (χ0n) is 11.5. The van der Waals surface area contributed by atoms with Gasteiger partial charge in [-0.1, -0.05) is 12.1 Å². The van der Waals surface area contributed by atoms with Crippen molar-refractivity contribution in [3.8, 4) is 0 Å². The quantitative estimate of drug-likeness (QED) is 0.719. The molecule has 0 aliphatic heterocycles. The predicted molar refractivity (Wildman–Crippen MR) is 79.7 cm³/mol. The fourth-order valence-corrected chi connectivity index (χ4v) is 1.52. The third-order valence-electron chi connectivity index (χ3n) is 2.53. The molecule has 2 amide bonds. The summed E-state index contributed by atoms with van der Waals surface area (Å²) in [6.45, 7) is 1.98. The predicted octanol–water partition coefficient (Wildman–Crippen LogP) is 0.657. The van der Waals surface area contributed by atoms with Crippen LogP contribution in [0.25, 0.3) is 0 Å². The number of ether oxygens (including phenoxy) is 1. The molecular formula is C13H20ClN3O3. The highest BCUT2D eigenvalue weighted by molar-refractivity contribution is 5.88. The molecule has 1 aromatic carbocycles. The average molecular weight is 302 g/mol. The minimum atomic E-state index is -0.626. The molecule has 0 fully saturated rings. The summed E-state index contributed by atoms with van der Waals surface area (Å²) in [6.07, 6.45) is -0.626. The Kier molecular flexibility index (Phi) is 8.54. The van der Waals surface area contributed by atoms with Crippen molar-refractivity contribution in [2.24, 2.45) is 5.73 Å². The van der Waals surface area contributed by atoms with Crippen LogP contribution < -0.4 is 16.4 Å². The highest BCUT2D eigenvalue weighted by Crippen LogP contribution is 2.09. The van der Waals surface area contributed by atoms with Crippen LogP contribution >= 0.6 is 12.4 Å². The molecular weight excluding hydrogens is 282 g/mol. The summed E-state index contributed by atoms with van der Waals surface area (Å²) in [5.74, 6) is -0.358. The Hall–Kier alpha value is -1.63. The first-order valence-electron chi connectivity index (χ1n) is 5.94. The van der Waals surface area contributed by atoms with Gasteiger partial charge in [0, 0.05) is 32.8 Å². The van der Waals surface area contributed by atoms with Crippen LogP contribution in [0.15, 0.2) is 24.3 Å². The van der Waals surface area contributed by atoms with E-state index in [-0.39, 0.29) is 30.8 Å². The summed E-state index contributed by atoms with van der Waals surface area (Å²) in [6, 6.07) is 7.21. The first kappa shape index (κ1) is 18.4. The zero-order chi connectivity index (χ0) is 14.3. The first-order chi connectivity index (χ1) is 9.06. The lowest BCUT2D eigenvalue weighted by molar-refractivity contribution is -0.130. The van der Waals surface area contributed by atoms with Gasteiger partial charge in [0.25, 0.3) is 5.91 Å². The number of benzene rings is 1. The number of anilines is 1. The molecule has 4 N–H and O–H groups in total. The maximum absolute atomic E-state index is 11.6. The number of carbonyl (C=O) groups is 2. The summed E-state index contributed by atoms with van der Waals surface area (Å²) < 4.78 is 4.93. The second kappa shape index (κ2) is 9.30. The highest BCUT2D eigenvalue weighted by Gasteiger charge is 2.14. The second-order valence-electron chi connectivity index (χ2n) is 4.06. The Balaban J connectivity index is 0.00000361. The Bertz CT molecular complexity index is 433. The molecule has 0 saturated carbocycles. The number of hydrogen-bond acceptors (Lipinski definition) is 4. The SMILES string of the molecule is COC(CN)C(=O)NCc1ccc(NC(C)=O)cc1.Cl. The largest absolute Gasteiger partial charge is 0.370 e. The molecule has 7 heteroatoms. The van der Waals surface area contributed by atoms with Gasteiger partial charge in [0.15, 0.2) is 0 Å².